The second kappa shape index (κ2) is 9.89. The number of hydrogen-bond acceptors (Lipinski definition) is 5. The van der Waals surface area contributed by atoms with Crippen LogP contribution in [0.2, 0.25) is 0 Å². The Labute approximate surface area is 159 Å². The highest BCUT2D eigenvalue weighted by Crippen LogP contribution is 2.05. The first-order valence-corrected chi connectivity index (χ1v) is 9.31. The third-order valence-electron chi connectivity index (χ3n) is 4.62. The molecule has 1 aromatic heterocycles. The van der Waals surface area contributed by atoms with Gasteiger partial charge in [0.05, 0.1) is 6.26 Å². The maximum absolute atomic E-state index is 12.7. The fraction of sp³-hybridized carbons (Fsp3) is 0.400. The Hall–Kier alpha value is -2.64. The van der Waals surface area contributed by atoms with Gasteiger partial charge in [-0.2, -0.15) is 0 Å². The Bertz CT molecular complexity index is 712. The molecule has 1 unspecified atom stereocenters. The van der Waals surface area contributed by atoms with E-state index in [0.29, 0.717) is 13.0 Å². The molecule has 3 N–H and O–H groups in total. The van der Waals surface area contributed by atoms with Crippen LogP contribution in [0, 0.1) is 0 Å². The lowest BCUT2D eigenvalue weighted by molar-refractivity contribution is -0.123. The summed E-state index contributed by atoms with van der Waals surface area (Å²) in [5, 5.41) is 9.04. The molecule has 1 aliphatic rings. The van der Waals surface area contributed by atoms with Crippen molar-refractivity contribution in [2.24, 2.45) is 0 Å². The number of hydrogen-bond donors (Lipinski definition) is 3. The van der Waals surface area contributed by atoms with Crippen LogP contribution in [0.25, 0.3) is 0 Å². The van der Waals surface area contributed by atoms with Gasteiger partial charge in [-0.25, -0.2) is 0 Å². The van der Waals surface area contributed by atoms with Gasteiger partial charge in [0.2, 0.25) is 5.91 Å². The van der Waals surface area contributed by atoms with Crippen molar-refractivity contribution in [1.82, 2.24) is 20.9 Å². The molecule has 2 aromatic rings. The Morgan fingerprint density at radius 1 is 1.11 bits per heavy atom. The van der Waals surface area contributed by atoms with Crippen LogP contribution in [0.4, 0.5) is 0 Å². The van der Waals surface area contributed by atoms with Gasteiger partial charge in [0.15, 0.2) is 5.76 Å². The minimum atomic E-state index is -0.610. The summed E-state index contributed by atoms with van der Waals surface area (Å²) in [4.78, 5) is 27.3. The van der Waals surface area contributed by atoms with Crippen molar-refractivity contribution in [1.29, 1.82) is 0 Å². The molecule has 1 atom stereocenters. The molecule has 1 aromatic carbocycles. The van der Waals surface area contributed by atoms with Crippen molar-refractivity contribution >= 4 is 11.8 Å². The van der Waals surface area contributed by atoms with E-state index in [0.717, 1.165) is 38.3 Å². The number of rotatable bonds is 8. The molecule has 2 heterocycles. The van der Waals surface area contributed by atoms with Crippen LogP contribution < -0.4 is 16.0 Å². The highest BCUT2D eigenvalue weighted by atomic mass is 16.3. The fourth-order valence-corrected chi connectivity index (χ4v) is 3.06. The first-order valence-electron chi connectivity index (χ1n) is 9.31. The first-order chi connectivity index (χ1) is 13.2. The Balaban J connectivity index is 1.58. The predicted molar refractivity (Wildman–Crippen MR) is 102 cm³/mol. The summed E-state index contributed by atoms with van der Waals surface area (Å²) in [6.07, 6.45) is 1.99. The molecule has 144 valence electrons. The van der Waals surface area contributed by atoms with E-state index in [2.05, 4.69) is 20.9 Å². The Kier molecular flexibility index (Phi) is 7.01. The van der Waals surface area contributed by atoms with Crippen LogP contribution in [-0.4, -0.2) is 55.5 Å². The Morgan fingerprint density at radius 3 is 2.59 bits per heavy atom. The van der Waals surface area contributed by atoms with Gasteiger partial charge in [0, 0.05) is 39.3 Å². The number of carbonyl (C=O) groups excluding carboxylic acids is 2. The number of benzene rings is 1. The van der Waals surface area contributed by atoms with Crippen LogP contribution >= 0.6 is 0 Å². The minimum absolute atomic E-state index is 0.186. The van der Waals surface area contributed by atoms with Gasteiger partial charge >= 0.3 is 0 Å². The van der Waals surface area contributed by atoms with E-state index in [-0.39, 0.29) is 17.6 Å². The fourth-order valence-electron chi connectivity index (χ4n) is 3.06. The zero-order valence-corrected chi connectivity index (χ0v) is 15.3. The monoisotopic (exact) mass is 370 g/mol. The van der Waals surface area contributed by atoms with Crippen molar-refractivity contribution in [2.45, 2.75) is 19.0 Å². The van der Waals surface area contributed by atoms with Gasteiger partial charge in [0.1, 0.15) is 6.04 Å². The predicted octanol–water partition coefficient (Wildman–Crippen LogP) is 0.990. The number of furan rings is 1. The van der Waals surface area contributed by atoms with Crippen molar-refractivity contribution in [3.05, 3.63) is 60.1 Å². The van der Waals surface area contributed by atoms with E-state index in [1.807, 2.05) is 30.3 Å². The molecule has 1 saturated heterocycles. The average Bonchev–Trinajstić information content (AvgIpc) is 3.26. The molecule has 0 aliphatic carbocycles. The number of piperazine rings is 1. The van der Waals surface area contributed by atoms with Gasteiger partial charge in [-0.05, 0) is 24.1 Å². The van der Waals surface area contributed by atoms with E-state index in [1.165, 1.54) is 6.26 Å². The normalized spacial score (nSPS) is 15.9. The van der Waals surface area contributed by atoms with Crippen LogP contribution in [-0.2, 0) is 11.3 Å². The van der Waals surface area contributed by atoms with Crippen LogP contribution in [0.1, 0.15) is 22.5 Å². The molecule has 0 spiro atoms. The zero-order chi connectivity index (χ0) is 18.9. The van der Waals surface area contributed by atoms with Gasteiger partial charge in [-0.1, -0.05) is 30.3 Å². The number of amides is 2. The van der Waals surface area contributed by atoms with Crippen molar-refractivity contribution in [3.63, 3.8) is 0 Å². The second-order valence-electron chi connectivity index (χ2n) is 6.59. The van der Waals surface area contributed by atoms with Crippen LogP contribution in [0.5, 0.6) is 0 Å². The molecule has 2 amide bonds. The summed E-state index contributed by atoms with van der Waals surface area (Å²) in [5.74, 6) is -0.355. The number of nitrogens with one attached hydrogen (secondary N) is 3. The topological polar surface area (TPSA) is 86.6 Å². The molecule has 7 heteroatoms. The summed E-state index contributed by atoms with van der Waals surface area (Å²) >= 11 is 0. The third kappa shape index (κ3) is 5.94. The summed E-state index contributed by atoms with van der Waals surface area (Å²) in [7, 11) is 0. The van der Waals surface area contributed by atoms with E-state index in [4.69, 9.17) is 4.42 Å². The van der Waals surface area contributed by atoms with E-state index >= 15 is 0 Å². The molecular formula is C20H26N4O3. The molecule has 0 bridgehead atoms. The zero-order valence-electron chi connectivity index (χ0n) is 15.3. The maximum Gasteiger partial charge on any atom is 0.287 e. The van der Waals surface area contributed by atoms with Crippen LogP contribution in [0.15, 0.2) is 53.1 Å². The van der Waals surface area contributed by atoms with E-state index < -0.39 is 6.04 Å². The second-order valence-corrected chi connectivity index (χ2v) is 6.59. The molecular weight excluding hydrogens is 344 g/mol. The molecule has 0 radical (unpaired) electrons. The summed E-state index contributed by atoms with van der Waals surface area (Å²) < 4.78 is 5.14. The van der Waals surface area contributed by atoms with Crippen molar-refractivity contribution < 1.29 is 14.0 Å². The lowest BCUT2D eigenvalue weighted by Gasteiger charge is -2.28. The standard InChI is InChI=1S/C20H26N4O3/c25-19(22-15-16-5-2-1-3-6-16)17(8-11-24-12-9-21-10-13-24)23-20(26)18-7-4-14-27-18/h1-7,14,17,21H,8-13,15H2,(H,22,25)(H,23,26). The van der Waals surface area contributed by atoms with E-state index in [9.17, 15) is 9.59 Å². The summed E-state index contributed by atoms with van der Waals surface area (Å²) in [6, 6.07) is 12.3. The average molecular weight is 370 g/mol. The van der Waals surface area contributed by atoms with E-state index in [1.54, 1.807) is 12.1 Å². The molecule has 1 aliphatic heterocycles. The minimum Gasteiger partial charge on any atom is -0.459 e. The molecule has 27 heavy (non-hydrogen) atoms. The number of carbonyl (C=O) groups is 2. The smallest absolute Gasteiger partial charge is 0.287 e. The largest absolute Gasteiger partial charge is 0.459 e. The quantitative estimate of drug-likeness (QED) is 0.645. The summed E-state index contributed by atoms with van der Waals surface area (Å²) in [5.41, 5.74) is 1.02. The molecule has 7 nitrogen and oxygen atoms in total. The maximum atomic E-state index is 12.7. The van der Waals surface area contributed by atoms with Gasteiger partial charge in [0.25, 0.3) is 5.91 Å². The lowest BCUT2D eigenvalue weighted by atomic mass is 10.1. The van der Waals surface area contributed by atoms with Crippen molar-refractivity contribution in [2.75, 3.05) is 32.7 Å². The number of nitrogens with zero attached hydrogens (tertiary/aromatic N) is 1. The molecule has 1 fully saturated rings. The lowest BCUT2D eigenvalue weighted by Crippen LogP contribution is -2.50. The van der Waals surface area contributed by atoms with Gasteiger partial charge in [-0.3, -0.25) is 9.59 Å². The van der Waals surface area contributed by atoms with Crippen molar-refractivity contribution in [3.8, 4) is 0 Å². The summed E-state index contributed by atoms with van der Waals surface area (Å²) in [6.45, 7) is 4.98. The first kappa shape index (κ1) is 19.1. The third-order valence-corrected chi connectivity index (χ3v) is 4.62. The molecule has 0 saturated carbocycles. The highest BCUT2D eigenvalue weighted by Gasteiger charge is 2.23. The van der Waals surface area contributed by atoms with Gasteiger partial charge < -0.3 is 25.3 Å². The Morgan fingerprint density at radius 2 is 1.89 bits per heavy atom. The van der Waals surface area contributed by atoms with Crippen LogP contribution in [0.3, 0.4) is 0 Å². The molecule has 3 rings (SSSR count). The van der Waals surface area contributed by atoms with Gasteiger partial charge in [-0.15, -0.1) is 0 Å². The SMILES string of the molecule is O=C(NC(CCN1CCNCC1)C(=O)NCc1ccccc1)c1ccco1. The highest BCUT2D eigenvalue weighted by molar-refractivity contribution is 5.95.